The van der Waals surface area contributed by atoms with Crippen molar-refractivity contribution in [3.05, 3.63) is 53.6 Å². The SMILES string of the molecule is COc1ccc(C=NNC(=O)c2ccc(NC(C)=O)cc2)cc1OC. The summed E-state index contributed by atoms with van der Waals surface area (Å²) in [4.78, 5) is 23.0. The highest BCUT2D eigenvalue weighted by atomic mass is 16.5. The Balaban J connectivity index is 1.99. The summed E-state index contributed by atoms with van der Waals surface area (Å²) in [7, 11) is 3.11. The van der Waals surface area contributed by atoms with Crippen molar-refractivity contribution in [2.24, 2.45) is 5.10 Å². The number of ether oxygens (including phenoxy) is 2. The van der Waals surface area contributed by atoms with E-state index in [-0.39, 0.29) is 11.8 Å². The normalized spacial score (nSPS) is 10.4. The van der Waals surface area contributed by atoms with Crippen LogP contribution in [0.25, 0.3) is 0 Å². The van der Waals surface area contributed by atoms with E-state index in [2.05, 4.69) is 15.8 Å². The van der Waals surface area contributed by atoms with Gasteiger partial charge < -0.3 is 14.8 Å². The lowest BCUT2D eigenvalue weighted by atomic mass is 10.2. The van der Waals surface area contributed by atoms with Crippen LogP contribution in [-0.4, -0.2) is 32.2 Å². The smallest absolute Gasteiger partial charge is 0.271 e. The lowest BCUT2D eigenvalue weighted by Gasteiger charge is -2.07. The van der Waals surface area contributed by atoms with Gasteiger partial charge in [-0.05, 0) is 48.0 Å². The average Bonchev–Trinajstić information content (AvgIpc) is 2.61. The Morgan fingerprint density at radius 1 is 1.00 bits per heavy atom. The van der Waals surface area contributed by atoms with Crippen molar-refractivity contribution in [2.75, 3.05) is 19.5 Å². The quantitative estimate of drug-likeness (QED) is 0.624. The van der Waals surface area contributed by atoms with Gasteiger partial charge in [-0.1, -0.05) is 0 Å². The van der Waals surface area contributed by atoms with E-state index in [1.165, 1.54) is 13.1 Å². The molecule has 0 unspecified atom stereocenters. The molecule has 0 aliphatic heterocycles. The number of hydrazone groups is 1. The Morgan fingerprint density at radius 3 is 2.28 bits per heavy atom. The molecular formula is C18H19N3O4. The van der Waals surface area contributed by atoms with Crippen molar-refractivity contribution in [1.29, 1.82) is 0 Å². The van der Waals surface area contributed by atoms with Crippen LogP contribution in [0, 0.1) is 0 Å². The highest BCUT2D eigenvalue weighted by Gasteiger charge is 2.05. The molecule has 25 heavy (non-hydrogen) atoms. The molecule has 0 heterocycles. The van der Waals surface area contributed by atoms with Gasteiger partial charge in [-0.15, -0.1) is 0 Å². The number of hydrogen-bond donors (Lipinski definition) is 2. The van der Waals surface area contributed by atoms with Crippen LogP contribution in [0.3, 0.4) is 0 Å². The molecule has 0 atom stereocenters. The topological polar surface area (TPSA) is 89.0 Å². The van der Waals surface area contributed by atoms with E-state index in [0.29, 0.717) is 22.7 Å². The number of hydrogen-bond acceptors (Lipinski definition) is 5. The molecule has 0 radical (unpaired) electrons. The third-order valence-corrected chi connectivity index (χ3v) is 3.25. The predicted molar refractivity (Wildman–Crippen MR) is 95.4 cm³/mol. The monoisotopic (exact) mass is 341 g/mol. The highest BCUT2D eigenvalue weighted by Crippen LogP contribution is 2.26. The minimum atomic E-state index is -0.355. The number of amides is 2. The van der Waals surface area contributed by atoms with Crippen molar-refractivity contribution in [2.45, 2.75) is 6.92 Å². The number of nitrogens with one attached hydrogen (secondary N) is 2. The second kappa shape index (κ2) is 8.49. The molecule has 0 aromatic heterocycles. The van der Waals surface area contributed by atoms with Crippen molar-refractivity contribution < 1.29 is 19.1 Å². The van der Waals surface area contributed by atoms with Crippen LogP contribution in [0.1, 0.15) is 22.8 Å². The van der Waals surface area contributed by atoms with E-state index in [1.54, 1.807) is 56.7 Å². The first-order valence-electron chi connectivity index (χ1n) is 7.46. The molecular weight excluding hydrogens is 322 g/mol. The van der Waals surface area contributed by atoms with Gasteiger partial charge in [0.2, 0.25) is 5.91 Å². The number of nitrogens with zero attached hydrogens (tertiary/aromatic N) is 1. The number of carbonyl (C=O) groups excluding carboxylic acids is 2. The Bertz CT molecular complexity index is 785. The summed E-state index contributed by atoms with van der Waals surface area (Å²) in [6.07, 6.45) is 1.51. The van der Waals surface area contributed by atoms with Gasteiger partial charge in [-0.3, -0.25) is 9.59 Å². The molecule has 0 fully saturated rings. The van der Waals surface area contributed by atoms with E-state index < -0.39 is 0 Å². The molecule has 0 saturated carbocycles. The van der Waals surface area contributed by atoms with Crippen LogP contribution < -0.4 is 20.2 Å². The fourth-order valence-electron chi connectivity index (χ4n) is 2.07. The van der Waals surface area contributed by atoms with Crippen molar-refractivity contribution in [3.63, 3.8) is 0 Å². The van der Waals surface area contributed by atoms with Crippen LogP contribution in [0.2, 0.25) is 0 Å². The summed E-state index contributed by atoms with van der Waals surface area (Å²) < 4.78 is 10.4. The zero-order chi connectivity index (χ0) is 18.2. The Labute approximate surface area is 145 Å². The third kappa shape index (κ3) is 5.07. The minimum Gasteiger partial charge on any atom is -0.493 e. The van der Waals surface area contributed by atoms with E-state index in [1.807, 2.05) is 0 Å². The zero-order valence-electron chi connectivity index (χ0n) is 14.2. The first kappa shape index (κ1) is 18.0. The van der Waals surface area contributed by atoms with Crippen LogP contribution in [-0.2, 0) is 4.79 Å². The Morgan fingerprint density at radius 2 is 1.68 bits per heavy atom. The van der Waals surface area contributed by atoms with Crippen LogP contribution in [0.4, 0.5) is 5.69 Å². The Hall–Kier alpha value is -3.35. The maximum absolute atomic E-state index is 12.0. The van der Waals surface area contributed by atoms with E-state index in [9.17, 15) is 9.59 Å². The fourth-order valence-corrected chi connectivity index (χ4v) is 2.07. The number of anilines is 1. The molecule has 0 aliphatic rings. The van der Waals surface area contributed by atoms with Gasteiger partial charge in [-0.25, -0.2) is 5.43 Å². The first-order chi connectivity index (χ1) is 12.0. The molecule has 0 aliphatic carbocycles. The van der Waals surface area contributed by atoms with Gasteiger partial charge in [0.25, 0.3) is 5.91 Å². The largest absolute Gasteiger partial charge is 0.493 e. The van der Waals surface area contributed by atoms with Crippen LogP contribution >= 0.6 is 0 Å². The van der Waals surface area contributed by atoms with Crippen LogP contribution in [0.5, 0.6) is 11.5 Å². The Kier molecular flexibility index (Phi) is 6.11. The summed E-state index contributed by atoms with van der Waals surface area (Å²) in [6.45, 7) is 1.42. The van der Waals surface area contributed by atoms with Gasteiger partial charge >= 0.3 is 0 Å². The molecule has 130 valence electrons. The van der Waals surface area contributed by atoms with E-state index >= 15 is 0 Å². The van der Waals surface area contributed by atoms with Gasteiger partial charge in [0.1, 0.15) is 0 Å². The number of methoxy groups -OCH3 is 2. The molecule has 2 N–H and O–H groups in total. The molecule has 0 saturated heterocycles. The average molecular weight is 341 g/mol. The molecule has 0 bridgehead atoms. The molecule has 2 aromatic rings. The van der Waals surface area contributed by atoms with Gasteiger partial charge in [0, 0.05) is 18.2 Å². The molecule has 2 rings (SSSR count). The lowest BCUT2D eigenvalue weighted by Crippen LogP contribution is -2.17. The standard InChI is InChI=1S/C18H19N3O4/c1-12(22)20-15-7-5-14(6-8-15)18(23)21-19-11-13-4-9-16(24-2)17(10-13)25-3/h4-11H,1-3H3,(H,20,22)(H,21,23). The number of rotatable bonds is 6. The van der Waals surface area contributed by atoms with Gasteiger partial charge in [0.15, 0.2) is 11.5 Å². The second-order valence-corrected chi connectivity index (χ2v) is 5.07. The maximum atomic E-state index is 12.0. The second-order valence-electron chi connectivity index (χ2n) is 5.07. The van der Waals surface area contributed by atoms with Gasteiger partial charge in [-0.2, -0.15) is 5.10 Å². The molecule has 7 heteroatoms. The number of carbonyl (C=O) groups is 2. The molecule has 2 aromatic carbocycles. The molecule has 0 spiro atoms. The molecule has 7 nitrogen and oxygen atoms in total. The summed E-state index contributed by atoms with van der Waals surface area (Å²) in [6, 6.07) is 11.8. The maximum Gasteiger partial charge on any atom is 0.271 e. The zero-order valence-corrected chi connectivity index (χ0v) is 14.2. The van der Waals surface area contributed by atoms with Crippen molar-refractivity contribution in [1.82, 2.24) is 5.43 Å². The lowest BCUT2D eigenvalue weighted by molar-refractivity contribution is -0.114. The summed E-state index contributed by atoms with van der Waals surface area (Å²) >= 11 is 0. The van der Waals surface area contributed by atoms with E-state index in [0.717, 1.165) is 5.56 Å². The first-order valence-corrected chi connectivity index (χ1v) is 7.46. The van der Waals surface area contributed by atoms with Crippen molar-refractivity contribution in [3.8, 4) is 11.5 Å². The summed E-state index contributed by atoms with van der Waals surface area (Å²) in [5.74, 6) is 0.664. The van der Waals surface area contributed by atoms with Crippen molar-refractivity contribution >= 4 is 23.7 Å². The fraction of sp³-hybridized carbons (Fsp3) is 0.167. The van der Waals surface area contributed by atoms with Gasteiger partial charge in [0.05, 0.1) is 20.4 Å². The van der Waals surface area contributed by atoms with E-state index in [4.69, 9.17) is 9.47 Å². The van der Waals surface area contributed by atoms with Crippen LogP contribution in [0.15, 0.2) is 47.6 Å². The highest BCUT2D eigenvalue weighted by molar-refractivity contribution is 5.96. The number of benzene rings is 2. The minimum absolute atomic E-state index is 0.170. The predicted octanol–water partition coefficient (Wildman–Crippen LogP) is 2.43. The summed E-state index contributed by atoms with van der Waals surface area (Å²) in [5.41, 5.74) is 4.25. The third-order valence-electron chi connectivity index (χ3n) is 3.25. The summed E-state index contributed by atoms with van der Waals surface area (Å²) in [5, 5.41) is 6.56. The molecule has 2 amide bonds.